The Hall–Kier alpha value is -3.45. The molecule has 4 heterocycles. The topological polar surface area (TPSA) is 182 Å². The molecule has 0 aliphatic carbocycles. The average Bonchev–Trinajstić information content (AvgIpc) is 3.51. The van der Waals surface area contributed by atoms with E-state index in [2.05, 4.69) is 25.3 Å². The first kappa shape index (κ1) is 24.7. The number of carbonyl (C=O) groups excluding carboxylic acids is 1. The molecule has 13 heteroatoms. The maximum absolute atomic E-state index is 12.1. The zero-order valence-corrected chi connectivity index (χ0v) is 20.3. The first-order chi connectivity index (χ1) is 16.6. The van der Waals surface area contributed by atoms with Crippen molar-refractivity contribution in [1.29, 1.82) is 0 Å². The number of aliphatic hydroxyl groups is 2. The first-order valence-corrected chi connectivity index (χ1v) is 11.6. The Labute approximate surface area is 202 Å². The lowest BCUT2D eigenvalue weighted by Gasteiger charge is -2.31. The third kappa shape index (κ3) is 5.00. The second-order valence-electron chi connectivity index (χ2n) is 9.56. The number of aliphatic hydroxyl groups excluding tert-OH is 2. The molecular weight excluding hydrogens is 454 g/mol. The van der Waals surface area contributed by atoms with E-state index in [0.717, 1.165) is 0 Å². The molecule has 0 bridgehead atoms. The molecule has 1 saturated heterocycles. The molecule has 0 radical (unpaired) electrons. The number of carbonyl (C=O) groups is 1. The van der Waals surface area contributed by atoms with Gasteiger partial charge in [-0.25, -0.2) is 19.6 Å². The summed E-state index contributed by atoms with van der Waals surface area (Å²) in [5, 5.41) is 31.5. The fourth-order valence-corrected chi connectivity index (χ4v) is 3.87. The van der Waals surface area contributed by atoms with Crippen molar-refractivity contribution in [2.75, 3.05) is 25.4 Å². The van der Waals surface area contributed by atoms with E-state index in [-0.39, 0.29) is 28.7 Å². The summed E-state index contributed by atoms with van der Waals surface area (Å²) < 4.78 is 7.55. The minimum absolute atomic E-state index is 0.0448. The van der Waals surface area contributed by atoms with Gasteiger partial charge in [0.2, 0.25) is 5.89 Å². The molecule has 4 rings (SSSR count). The minimum Gasteiger partial charge on any atom is -0.419 e. The Morgan fingerprint density at radius 1 is 1.26 bits per heavy atom. The number of anilines is 1. The molecule has 1 fully saturated rings. The second-order valence-corrected chi connectivity index (χ2v) is 9.56. The molecule has 4 N–H and O–H groups in total. The highest BCUT2D eigenvalue weighted by Gasteiger charge is 2.30. The molecule has 1 atom stereocenters. The molecule has 1 aliphatic rings. The fourth-order valence-electron chi connectivity index (χ4n) is 3.87. The zero-order valence-electron chi connectivity index (χ0n) is 20.3. The maximum Gasteiger partial charge on any atom is 0.270 e. The van der Waals surface area contributed by atoms with Gasteiger partial charge in [0.15, 0.2) is 29.3 Å². The maximum atomic E-state index is 12.1. The largest absolute Gasteiger partial charge is 0.419 e. The van der Waals surface area contributed by atoms with Crippen molar-refractivity contribution < 1.29 is 19.4 Å². The standard InChI is InChI=1S/C22H31N9O4/c1-5-31-18(26-17(29-31)12-6-8-30(9-7-12)20(34)14(33)11-32)13-10-24-16(23)15(25-13)19-27-28-21(35-19)22(2,3)4/h10,12,14,32-33H,5-9,11H2,1-4H3,(H2,23,24). The van der Waals surface area contributed by atoms with E-state index in [4.69, 9.17) is 20.2 Å². The van der Waals surface area contributed by atoms with Gasteiger partial charge >= 0.3 is 0 Å². The minimum atomic E-state index is -1.38. The van der Waals surface area contributed by atoms with Crippen LogP contribution in [-0.4, -0.2) is 81.8 Å². The molecule has 13 nitrogen and oxygen atoms in total. The number of aromatic nitrogens is 7. The van der Waals surface area contributed by atoms with Crippen molar-refractivity contribution in [3.63, 3.8) is 0 Å². The third-order valence-electron chi connectivity index (χ3n) is 5.92. The van der Waals surface area contributed by atoms with Crippen LogP contribution in [0.5, 0.6) is 0 Å². The quantitative estimate of drug-likeness (QED) is 0.448. The Morgan fingerprint density at radius 3 is 2.57 bits per heavy atom. The Balaban J connectivity index is 1.58. The summed E-state index contributed by atoms with van der Waals surface area (Å²) in [7, 11) is 0. The van der Waals surface area contributed by atoms with Gasteiger partial charge in [0.25, 0.3) is 11.8 Å². The molecule has 0 spiro atoms. The SMILES string of the molecule is CCn1nc(C2CCN(C(=O)C(O)CO)CC2)nc1-c1cnc(N)c(-c2nnc(C(C)(C)C)o2)n1. The number of likely N-dealkylation sites (tertiary alicyclic amines) is 1. The number of amides is 1. The number of nitrogen functional groups attached to an aromatic ring is 1. The second kappa shape index (κ2) is 9.66. The molecular formula is C22H31N9O4. The normalized spacial score (nSPS) is 16.0. The van der Waals surface area contributed by atoms with Crippen LogP contribution in [0.1, 0.15) is 58.2 Å². The molecule has 1 unspecified atom stereocenters. The molecule has 3 aromatic rings. The molecule has 35 heavy (non-hydrogen) atoms. The summed E-state index contributed by atoms with van der Waals surface area (Å²) in [5.74, 6) is 1.61. The van der Waals surface area contributed by atoms with E-state index >= 15 is 0 Å². The highest BCUT2D eigenvalue weighted by Crippen LogP contribution is 2.30. The van der Waals surface area contributed by atoms with E-state index in [1.165, 1.54) is 6.20 Å². The van der Waals surface area contributed by atoms with Crippen LogP contribution in [0.3, 0.4) is 0 Å². The van der Waals surface area contributed by atoms with Gasteiger partial charge in [-0.05, 0) is 19.8 Å². The fraction of sp³-hybridized carbons (Fsp3) is 0.591. The van der Waals surface area contributed by atoms with Crippen molar-refractivity contribution >= 4 is 11.7 Å². The van der Waals surface area contributed by atoms with Crippen LogP contribution in [0.25, 0.3) is 23.1 Å². The predicted octanol–water partition coefficient (Wildman–Crippen LogP) is 0.744. The number of nitrogens with two attached hydrogens (primary N) is 1. The van der Waals surface area contributed by atoms with Crippen LogP contribution >= 0.6 is 0 Å². The van der Waals surface area contributed by atoms with Gasteiger partial charge in [0, 0.05) is 31.0 Å². The van der Waals surface area contributed by atoms with Crippen LogP contribution in [-0.2, 0) is 16.8 Å². The van der Waals surface area contributed by atoms with Crippen LogP contribution in [0.15, 0.2) is 10.6 Å². The summed E-state index contributed by atoms with van der Waals surface area (Å²) in [6.45, 7) is 8.75. The predicted molar refractivity (Wildman–Crippen MR) is 125 cm³/mol. The third-order valence-corrected chi connectivity index (χ3v) is 5.92. The zero-order chi connectivity index (χ0) is 25.3. The number of rotatable bonds is 6. The van der Waals surface area contributed by atoms with Crippen molar-refractivity contribution in [3.8, 4) is 23.1 Å². The van der Waals surface area contributed by atoms with E-state index < -0.39 is 18.6 Å². The summed E-state index contributed by atoms with van der Waals surface area (Å²) >= 11 is 0. The van der Waals surface area contributed by atoms with Crippen LogP contribution in [0.4, 0.5) is 5.82 Å². The number of hydrogen-bond acceptors (Lipinski definition) is 11. The summed E-state index contributed by atoms with van der Waals surface area (Å²) in [4.78, 5) is 27.3. The van der Waals surface area contributed by atoms with E-state index in [0.29, 0.717) is 55.7 Å². The number of hydrogen-bond donors (Lipinski definition) is 3. The Kier molecular flexibility index (Phi) is 6.81. The van der Waals surface area contributed by atoms with Crippen LogP contribution < -0.4 is 5.73 Å². The molecule has 0 aromatic carbocycles. The van der Waals surface area contributed by atoms with Crippen LogP contribution in [0.2, 0.25) is 0 Å². The molecule has 1 aliphatic heterocycles. The molecule has 188 valence electrons. The van der Waals surface area contributed by atoms with Gasteiger partial charge < -0.3 is 25.3 Å². The summed E-state index contributed by atoms with van der Waals surface area (Å²) in [6.07, 6.45) is 1.45. The van der Waals surface area contributed by atoms with Gasteiger partial charge in [0.1, 0.15) is 5.69 Å². The van der Waals surface area contributed by atoms with E-state index in [1.54, 1.807) is 9.58 Å². The van der Waals surface area contributed by atoms with Crippen molar-refractivity contribution in [1.82, 2.24) is 39.8 Å². The molecule has 0 saturated carbocycles. The number of aryl methyl sites for hydroxylation is 1. The highest BCUT2D eigenvalue weighted by molar-refractivity contribution is 5.80. The summed E-state index contributed by atoms with van der Waals surface area (Å²) in [5.41, 5.74) is 6.51. The van der Waals surface area contributed by atoms with E-state index in [9.17, 15) is 9.90 Å². The van der Waals surface area contributed by atoms with Gasteiger partial charge in [-0.2, -0.15) is 5.10 Å². The first-order valence-electron chi connectivity index (χ1n) is 11.6. The van der Waals surface area contributed by atoms with Crippen molar-refractivity contribution in [2.24, 2.45) is 0 Å². The molecule has 1 amide bonds. The van der Waals surface area contributed by atoms with Gasteiger partial charge in [0.05, 0.1) is 12.8 Å². The molecule has 3 aromatic heterocycles. The monoisotopic (exact) mass is 485 g/mol. The lowest BCUT2D eigenvalue weighted by Crippen LogP contribution is -2.44. The number of nitrogens with zero attached hydrogens (tertiary/aromatic N) is 8. The van der Waals surface area contributed by atoms with Gasteiger partial charge in [-0.1, -0.05) is 20.8 Å². The Morgan fingerprint density at radius 2 is 1.97 bits per heavy atom. The highest BCUT2D eigenvalue weighted by atomic mass is 16.4. The number of piperidine rings is 1. The lowest BCUT2D eigenvalue weighted by atomic mass is 9.96. The van der Waals surface area contributed by atoms with Crippen molar-refractivity contribution in [3.05, 3.63) is 17.9 Å². The smallest absolute Gasteiger partial charge is 0.270 e. The van der Waals surface area contributed by atoms with E-state index in [1.807, 2.05) is 27.7 Å². The van der Waals surface area contributed by atoms with Crippen molar-refractivity contribution in [2.45, 2.75) is 64.5 Å². The van der Waals surface area contributed by atoms with Gasteiger partial charge in [-0.15, -0.1) is 10.2 Å². The Bertz CT molecular complexity index is 1190. The summed E-state index contributed by atoms with van der Waals surface area (Å²) in [6, 6.07) is 0. The van der Waals surface area contributed by atoms with Crippen LogP contribution in [0, 0.1) is 0 Å². The lowest BCUT2D eigenvalue weighted by molar-refractivity contribution is -0.143. The average molecular weight is 486 g/mol. The van der Waals surface area contributed by atoms with Gasteiger partial charge in [-0.3, -0.25) is 4.79 Å².